The summed E-state index contributed by atoms with van der Waals surface area (Å²) in [4.78, 5) is 22.7. The van der Waals surface area contributed by atoms with Crippen molar-refractivity contribution in [3.63, 3.8) is 0 Å². The lowest BCUT2D eigenvalue weighted by atomic mass is 9.86. The number of hydrogen-bond acceptors (Lipinski definition) is 3. The van der Waals surface area contributed by atoms with Crippen LogP contribution in [0.15, 0.2) is 30.3 Å². The number of Topliss-reactive ketones (excluding diaryl/α,β-unsaturated/α-hetero) is 1. The maximum Gasteiger partial charge on any atom is 0.277 e. The Hall–Kier alpha value is -2.23. The minimum absolute atomic E-state index is 0.0963. The predicted molar refractivity (Wildman–Crippen MR) is 67.9 cm³/mol. The molecule has 1 aliphatic carbocycles. The van der Waals surface area contributed by atoms with E-state index in [0.717, 1.165) is 18.4 Å². The molecular formula is C14H11NO3. The molecule has 1 aliphatic rings. The second-order valence-corrected chi connectivity index (χ2v) is 4.51. The number of benzene rings is 2. The van der Waals surface area contributed by atoms with Crippen molar-refractivity contribution in [1.29, 1.82) is 0 Å². The highest BCUT2D eigenvalue weighted by Crippen LogP contribution is 2.35. The number of nitro benzene ring substituents is 1. The Morgan fingerprint density at radius 1 is 1.11 bits per heavy atom. The van der Waals surface area contributed by atoms with Crippen molar-refractivity contribution in [2.45, 2.75) is 19.3 Å². The van der Waals surface area contributed by atoms with E-state index in [2.05, 4.69) is 0 Å². The van der Waals surface area contributed by atoms with Gasteiger partial charge in [-0.25, -0.2) is 0 Å². The minimum atomic E-state index is -0.373. The van der Waals surface area contributed by atoms with E-state index in [1.54, 1.807) is 24.3 Å². The first-order valence-electron chi connectivity index (χ1n) is 5.90. The third-order valence-electron chi connectivity index (χ3n) is 3.43. The Balaban J connectivity index is 2.45. The van der Waals surface area contributed by atoms with Gasteiger partial charge in [0.1, 0.15) is 0 Å². The molecule has 2 aromatic carbocycles. The zero-order valence-electron chi connectivity index (χ0n) is 9.68. The summed E-state index contributed by atoms with van der Waals surface area (Å²) in [7, 11) is 0. The number of carbonyl (C=O) groups excluding carboxylic acids is 1. The van der Waals surface area contributed by atoms with Crippen molar-refractivity contribution in [3.8, 4) is 0 Å². The highest BCUT2D eigenvalue weighted by Gasteiger charge is 2.24. The monoisotopic (exact) mass is 241 g/mol. The molecule has 0 aliphatic heterocycles. The molecule has 3 rings (SSSR count). The second-order valence-electron chi connectivity index (χ2n) is 4.51. The molecular weight excluding hydrogens is 230 g/mol. The van der Waals surface area contributed by atoms with Crippen LogP contribution in [0.3, 0.4) is 0 Å². The molecule has 0 heterocycles. The van der Waals surface area contributed by atoms with Crippen LogP contribution in [0, 0.1) is 10.1 Å². The molecule has 90 valence electrons. The van der Waals surface area contributed by atoms with Crippen LogP contribution in [0.1, 0.15) is 28.8 Å². The average molecular weight is 241 g/mol. The van der Waals surface area contributed by atoms with E-state index in [0.29, 0.717) is 22.8 Å². The van der Waals surface area contributed by atoms with E-state index in [1.165, 1.54) is 0 Å². The molecule has 0 saturated carbocycles. The standard InChI is InChI=1S/C14H11NO3/c16-13-7-3-4-9-8-12(15(17)18)10-5-1-2-6-11(10)14(9)13/h1-2,5-6,8H,3-4,7H2. The smallest absolute Gasteiger partial charge is 0.277 e. The molecule has 0 amide bonds. The summed E-state index contributed by atoms with van der Waals surface area (Å²) in [5.74, 6) is 0.0994. The predicted octanol–water partition coefficient (Wildman–Crippen LogP) is 3.27. The molecule has 0 radical (unpaired) electrons. The van der Waals surface area contributed by atoms with Gasteiger partial charge in [0, 0.05) is 18.1 Å². The van der Waals surface area contributed by atoms with Gasteiger partial charge in [-0.1, -0.05) is 18.2 Å². The summed E-state index contributed by atoms with van der Waals surface area (Å²) in [6.07, 6.45) is 2.06. The van der Waals surface area contributed by atoms with Crippen LogP contribution in [-0.2, 0) is 6.42 Å². The van der Waals surface area contributed by atoms with Crippen LogP contribution in [0.25, 0.3) is 10.8 Å². The number of fused-ring (bicyclic) bond motifs is 3. The maximum absolute atomic E-state index is 12.0. The molecule has 0 spiro atoms. The van der Waals surface area contributed by atoms with Crippen LogP contribution in [0.2, 0.25) is 0 Å². The lowest BCUT2D eigenvalue weighted by Gasteiger charge is -2.16. The summed E-state index contributed by atoms with van der Waals surface area (Å²) >= 11 is 0. The van der Waals surface area contributed by atoms with Crippen molar-refractivity contribution >= 4 is 22.2 Å². The molecule has 0 atom stereocenters. The number of nitrogens with zero attached hydrogens (tertiary/aromatic N) is 1. The Morgan fingerprint density at radius 3 is 2.56 bits per heavy atom. The largest absolute Gasteiger partial charge is 0.294 e. The van der Waals surface area contributed by atoms with E-state index in [-0.39, 0.29) is 16.4 Å². The highest BCUT2D eigenvalue weighted by atomic mass is 16.6. The minimum Gasteiger partial charge on any atom is -0.294 e. The third-order valence-corrected chi connectivity index (χ3v) is 3.43. The van der Waals surface area contributed by atoms with Crippen LogP contribution >= 0.6 is 0 Å². The van der Waals surface area contributed by atoms with Gasteiger partial charge in [-0.3, -0.25) is 14.9 Å². The Kier molecular flexibility index (Phi) is 2.37. The zero-order valence-corrected chi connectivity index (χ0v) is 9.68. The lowest BCUT2D eigenvalue weighted by molar-refractivity contribution is -0.383. The number of nitro groups is 1. The summed E-state index contributed by atoms with van der Waals surface area (Å²) in [6.45, 7) is 0. The number of aryl methyl sites for hydroxylation is 1. The molecule has 0 N–H and O–H groups in total. The van der Waals surface area contributed by atoms with E-state index in [9.17, 15) is 14.9 Å². The average Bonchev–Trinajstić information content (AvgIpc) is 2.37. The van der Waals surface area contributed by atoms with Crippen molar-refractivity contribution in [2.24, 2.45) is 0 Å². The maximum atomic E-state index is 12.0. The van der Waals surface area contributed by atoms with Gasteiger partial charge >= 0.3 is 0 Å². The number of rotatable bonds is 1. The molecule has 2 aromatic rings. The molecule has 0 fully saturated rings. The van der Waals surface area contributed by atoms with Gasteiger partial charge in [-0.15, -0.1) is 0 Å². The van der Waals surface area contributed by atoms with E-state index >= 15 is 0 Å². The molecule has 0 unspecified atom stereocenters. The van der Waals surface area contributed by atoms with Gasteiger partial charge in [0.15, 0.2) is 5.78 Å². The number of ketones is 1. The SMILES string of the molecule is O=C1CCCc2cc([N+](=O)[O-])c3ccccc3c21. The van der Waals surface area contributed by atoms with Crippen molar-refractivity contribution in [3.05, 3.63) is 51.6 Å². The molecule has 4 heteroatoms. The molecule has 0 saturated heterocycles. The summed E-state index contributed by atoms with van der Waals surface area (Å²) in [5.41, 5.74) is 1.60. The molecule has 0 bridgehead atoms. The van der Waals surface area contributed by atoms with Gasteiger partial charge in [0.2, 0.25) is 0 Å². The van der Waals surface area contributed by atoms with Crippen molar-refractivity contribution in [2.75, 3.05) is 0 Å². The number of hydrogen-bond donors (Lipinski definition) is 0. The third kappa shape index (κ3) is 1.49. The lowest BCUT2D eigenvalue weighted by Crippen LogP contribution is -2.12. The van der Waals surface area contributed by atoms with Gasteiger partial charge in [0.05, 0.1) is 10.3 Å². The quantitative estimate of drug-likeness (QED) is 0.568. The number of non-ortho nitro benzene ring substituents is 1. The van der Waals surface area contributed by atoms with Crippen LogP contribution in [0.5, 0.6) is 0 Å². The Morgan fingerprint density at radius 2 is 1.83 bits per heavy atom. The van der Waals surface area contributed by atoms with Gasteiger partial charge in [-0.2, -0.15) is 0 Å². The Bertz CT molecular complexity index is 676. The molecule has 4 nitrogen and oxygen atoms in total. The van der Waals surface area contributed by atoms with E-state index < -0.39 is 0 Å². The summed E-state index contributed by atoms with van der Waals surface area (Å²) < 4.78 is 0. The number of carbonyl (C=O) groups is 1. The van der Waals surface area contributed by atoms with E-state index in [4.69, 9.17) is 0 Å². The fourth-order valence-electron chi connectivity index (χ4n) is 2.65. The van der Waals surface area contributed by atoms with Crippen LogP contribution in [0.4, 0.5) is 5.69 Å². The molecule has 18 heavy (non-hydrogen) atoms. The van der Waals surface area contributed by atoms with Crippen molar-refractivity contribution < 1.29 is 9.72 Å². The van der Waals surface area contributed by atoms with Crippen LogP contribution < -0.4 is 0 Å². The van der Waals surface area contributed by atoms with Gasteiger partial charge in [0.25, 0.3) is 5.69 Å². The van der Waals surface area contributed by atoms with Crippen LogP contribution in [-0.4, -0.2) is 10.7 Å². The summed E-state index contributed by atoms with van der Waals surface area (Å²) in [5, 5.41) is 12.4. The summed E-state index contributed by atoms with van der Waals surface area (Å²) in [6, 6.07) is 8.64. The topological polar surface area (TPSA) is 60.2 Å². The fraction of sp³-hybridized carbons (Fsp3) is 0.214. The van der Waals surface area contributed by atoms with E-state index in [1.807, 2.05) is 6.07 Å². The Labute approximate surface area is 103 Å². The highest BCUT2D eigenvalue weighted by molar-refractivity contribution is 6.12. The first-order chi connectivity index (χ1) is 8.68. The normalized spacial score (nSPS) is 14.6. The second kappa shape index (κ2) is 3.91. The van der Waals surface area contributed by atoms with Gasteiger partial charge in [-0.05, 0) is 29.9 Å². The fourth-order valence-corrected chi connectivity index (χ4v) is 2.65. The van der Waals surface area contributed by atoms with Gasteiger partial charge < -0.3 is 0 Å². The first-order valence-corrected chi connectivity index (χ1v) is 5.90. The van der Waals surface area contributed by atoms with Crippen molar-refractivity contribution in [1.82, 2.24) is 0 Å². The zero-order chi connectivity index (χ0) is 12.7. The molecule has 0 aromatic heterocycles. The first kappa shape index (κ1) is 10.9.